The van der Waals surface area contributed by atoms with Gasteiger partial charge < -0.3 is 14.9 Å². The highest BCUT2D eigenvalue weighted by atomic mass is 16.5. The van der Waals surface area contributed by atoms with Crippen molar-refractivity contribution in [2.24, 2.45) is 0 Å². The van der Waals surface area contributed by atoms with Gasteiger partial charge in [0, 0.05) is 0 Å². The molecule has 0 saturated carbocycles. The molecular weight excluding hydrogens is 248 g/mol. The van der Waals surface area contributed by atoms with Crippen LogP contribution in [0.25, 0.3) is 0 Å². The summed E-state index contributed by atoms with van der Waals surface area (Å²) in [6.07, 6.45) is 3.93. The second-order valence-corrected chi connectivity index (χ2v) is 4.20. The first-order valence-corrected chi connectivity index (χ1v) is 6.30. The number of benzene rings is 1. The van der Waals surface area contributed by atoms with Crippen molar-refractivity contribution in [1.82, 2.24) is 0 Å². The SMILES string of the molecule is CCCCCCOc1c(C(=O)O)cccc1C(=O)O. The van der Waals surface area contributed by atoms with Crippen molar-refractivity contribution in [1.29, 1.82) is 0 Å². The number of carboxylic acids is 2. The normalized spacial score (nSPS) is 10.2. The molecule has 104 valence electrons. The molecule has 0 fully saturated rings. The predicted octanol–water partition coefficient (Wildman–Crippen LogP) is 3.04. The van der Waals surface area contributed by atoms with Crippen molar-refractivity contribution in [3.63, 3.8) is 0 Å². The molecule has 2 N–H and O–H groups in total. The van der Waals surface area contributed by atoms with Gasteiger partial charge in [0.25, 0.3) is 0 Å². The zero-order valence-corrected chi connectivity index (χ0v) is 10.9. The maximum absolute atomic E-state index is 11.1. The van der Waals surface area contributed by atoms with Gasteiger partial charge in [0.1, 0.15) is 16.9 Å². The van der Waals surface area contributed by atoms with Gasteiger partial charge >= 0.3 is 11.9 Å². The number of hydrogen-bond donors (Lipinski definition) is 2. The number of ether oxygens (including phenoxy) is 1. The zero-order valence-electron chi connectivity index (χ0n) is 10.9. The van der Waals surface area contributed by atoms with Gasteiger partial charge in [0.2, 0.25) is 0 Å². The number of para-hydroxylation sites is 1. The van der Waals surface area contributed by atoms with Gasteiger partial charge in [0.15, 0.2) is 0 Å². The summed E-state index contributed by atoms with van der Waals surface area (Å²) in [6.45, 7) is 2.41. The van der Waals surface area contributed by atoms with E-state index >= 15 is 0 Å². The highest BCUT2D eigenvalue weighted by Crippen LogP contribution is 2.24. The van der Waals surface area contributed by atoms with Crippen molar-refractivity contribution in [2.75, 3.05) is 6.61 Å². The van der Waals surface area contributed by atoms with E-state index in [9.17, 15) is 9.59 Å². The molecule has 1 rings (SSSR count). The Hall–Kier alpha value is -2.04. The van der Waals surface area contributed by atoms with Crippen molar-refractivity contribution < 1.29 is 24.5 Å². The van der Waals surface area contributed by atoms with E-state index in [1.807, 2.05) is 0 Å². The quantitative estimate of drug-likeness (QED) is 0.706. The van der Waals surface area contributed by atoms with Crippen LogP contribution >= 0.6 is 0 Å². The van der Waals surface area contributed by atoms with Gasteiger partial charge in [-0.3, -0.25) is 0 Å². The van der Waals surface area contributed by atoms with Gasteiger partial charge in [-0.05, 0) is 18.6 Å². The van der Waals surface area contributed by atoms with Crippen LogP contribution in [0, 0.1) is 0 Å². The Morgan fingerprint density at radius 1 is 1.05 bits per heavy atom. The average molecular weight is 266 g/mol. The number of carboxylic acid groups (broad SMARTS) is 2. The van der Waals surface area contributed by atoms with E-state index in [1.54, 1.807) is 0 Å². The summed E-state index contributed by atoms with van der Waals surface area (Å²) < 4.78 is 5.38. The van der Waals surface area contributed by atoms with E-state index in [1.165, 1.54) is 18.2 Å². The molecule has 0 bridgehead atoms. The molecule has 0 spiro atoms. The summed E-state index contributed by atoms with van der Waals surface area (Å²) in [4.78, 5) is 22.1. The third kappa shape index (κ3) is 4.28. The molecule has 1 aromatic carbocycles. The lowest BCUT2D eigenvalue weighted by Gasteiger charge is -2.11. The molecular formula is C14H18O5. The summed E-state index contributed by atoms with van der Waals surface area (Å²) >= 11 is 0. The first-order chi connectivity index (χ1) is 9.07. The maximum atomic E-state index is 11.1. The number of unbranched alkanes of at least 4 members (excludes halogenated alkanes) is 3. The Labute approximate surface area is 111 Å². The molecule has 0 atom stereocenters. The van der Waals surface area contributed by atoms with Crippen LogP contribution in [0.5, 0.6) is 5.75 Å². The maximum Gasteiger partial charge on any atom is 0.339 e. The summed E-state index contributed by atoms with van der Waals surface area (Å²) in [7, 11) is 0. The molecule has 0 amide bonds. The van der Waals surface area contributed by atoms with Gasteiger partial charge in [-0.15, -0.1) is 0 Å². The zero-order chi connectivity index (χ0) is 14.3. The average Bonchev–Trinajstić information content (AvgIpc) is 2.38. The van der Waals surface area contributed by atoms with E-state index in [0.717, 1.165) is 25.7 Å². The molecule has 0 heterocycles. The molecule has 0 aliphatic carbocycles. The Kier molecular flexibility index (Phi) is 5.85. The fourth-order valence-corrected chi connectivity index (χ4v) is 1.73. The summed E-state index contributed by atoms with van der Waals surface area (Å²) in [5.41, 5.74) is -0.231. The molecule has 5 nitrogen and oxygen atoms in total. The van der Waals surface area contributed by atoms with Crippen LogP contribution in [0.3, 0.4) is 0 Å². The minimum atomic E-state index is -1.19. The first kappa shape index (κ1) is 15.0. The van der Waals surface area contributed by atoms with Crippen molar-refractivity contribution in [3.8, 4) is 5.75 Å². The Morgan fingerprint density at radius 2 is 1.63 bits per heavy atom. The standard InChI is InChI=1S/C14H18O5/c1-2-3-4-5-9-19-12-10(13(15)16)7-6-8-11(12)14(17)18/h6-8H,2-5,9H2,1H3,(H,15,16)(H,17,18). The fourth-order valence-electron chi connectivity index (χ4n) is 1.73. The van der Waals surface area contributed by atoms with E-state index in [-0.39, 0.29) is 16.9 Å². The topological polar surface area (TPSA) is 83.8 Å². The monoisotopic (exact) mass is 266 g/mol. The van der Waals surface area contributed by atoms with Gasteiger partial charge in [-0.2, -0.15) is 0 Å². The van der Waals surface area contributed by atoms with Crippen LogP contribution in [0.2, 0.25) is 0 Å². The molecule has 0 aliphatic heterocycles. The van der Waals surface area contributed by atoms with Crippen LogP contribution in [0.15, 0.2) is 18.2 Å². The minimum Gasteiger partial charge on any atom is -0.492 e. The minimum absolute atomic E-state index is 0.0565. The Bertz CT molecular complexity index is 421. The molecule has 19 heavy (non-hydrogen) atoms. The molecule has 0 aromatic heterocycles. The third-order valence-electron chi connectivity index (χ3n) is 2.72. The second kappa shape index (κ2) is 7.41. The Morgan fingerprint density at radius 3 is 2.11 bits per heavy atom. The lowest BCUT2D eigenvalue weighted by Crippen LogP contribution is -2.10. The van der Waals surface area contributed by atoms with E-state index < -0.39 is 11.9 Å². The molecule has 0 unspecified atom stereocenters. The van der Waals surface area contributed by atoms with E-state index in [0.29, 0.717) is 6.61 Å². The summed E-state index contributed by atoms with van der Waals surface area (Å²) in [6, 6.07) is 4.09. The summed E-state index contributed by atoms with van der Waals surface area (Å²) in [5.74, 6) is -2.43. The molecule has 0 saturated heterocycles. The van der Waals surface area contributed by atoms with Crippen molar-refractivity contribution >= 4 is 11.9 Å². The van der Waals surface area contributed by atoms with E-state index in [2.05, 4.69) is 6.92 Å². The van der Waals surface area contributed by atoms with Crippen LogP contribution in [0.1, 0.15) is 53.3 Å². The predicted molar refractivity (Wildman–Crippen MR) is 70.0 cm³/mol. The van der Waals surface area contributed by atoms with Gasteiger partial charge in [-0.1, -0.05) is 32.3 Å². The summed E-state index contributed by atoms with van der Waals surface area (Å²) in [5, 5.41) is 18.1. The van der Waals surface area contributed by atoms with Crippen LogP contribution in [0.4, 0.5) is 0 Å². The molecule has 0 radical (unpaired) electrons. The van der Waals surface area contributed by atoms with Crippen LogP contribution in [-0.2, 0) is 0 Å². The number of rotatable bonds is 8. The van der Waals surface area contributed by atoms with Gasteiger partial charge in [0.05, 0.1) is 6.61 Å². The molecule has 1 aromatic rings. The number of hydrogen-bond acceptors (Lipinski definition) is 3. The Balaban J connectivity index is 2.83. The second-order valence-electron chi connectivity index (χ2n) is 4.20. The largest absolute Gasteiger partial charge is 0.492 e. The van der Waals surface area contributed by atoms with Crippen molar-refractivity contribution in [2.45, 2.75) is 32.6 Å². The van der Waals surface area contributed by atoms with Crippen molar-refractivity contribution in [3.05, 3.63) is 29.3 Å². The molecule has 0 aliphatic rings. The lowest BCUT2D eigenvalue weighted by molar-refractivity contribution is 0.0688. The molecule has 5 heteroatoms. The smallest absolute Gasteiger partial charge is 0.339 e. The number of aromatic carboxylic acids is 2. The van der Waals surface area contributed by atoms with Gasteiger partial charge in [-0.25, -0.2) is 9.59 Å². The highest BCUT2D eigenvalue weighted by Gasteiger charge is 2.19. The first-order valence-electron chi connectivity index (χ1n) is 6.30. The van der Waals surface area contributed by atoms with Crippen LogP contribution in [-0.4, -0.2) is 28.8 Å². The van der Waals surface area contributed by atoms with Crippen LogP contribution < -0.4 is 4.74 Å². The fraction of sp³-hybridized carbons (Fsp3) is 0.429. The third-order valence-corrected chi connectivity index (χ3v) is 2.72. The van der Waals surface area contributed by atoms with E-state index in [4.69, 9.17) is 14.9 Å². The highest BCUT2D eigenvalue weighted by molar-refractivity contribution is 5.98. The lowest BCUT2D eigenvalue weighted by atomic mass is 10.1. The number of carbonyl (C=O) groups is 2.